The standard InChI is InChI=1S/C11H12FIN2/c1-2-3-4-11(15-14)9-6-5-8(12)7-10(9)13/h1,5-7,11,15H,3-4,14H2. The molecule has 0 radical (unpaired) electrons. The van der Waals surface area contributed by atoms with E-state index in [1.54, 1.807) is 6.07 Å². The summed E-state index contributed by atoms with van der Waals surface area (Å²) in [5, 5.41) is 0. The topological polar surface area (TPSA) is 38.0 Å². The molecule has 1 aromatic carbocycles. The van der Waals surface area contributed by atoms with Crippen LogP contribution in [0.15, 0.2) is 18.2 Å². The van der Waals surface area contributed by atoms with Crippen LogP contribution in [0.4, 0.5) is 4.39 Å². The van der Waals surface area contributed by atoms with Gasteiger partial charge in [0.15, 0.2) is 0 Å². The van der Waals surface area contributed by atoms with Gasteiger partial charge in [0, 0.05) is 16.0 Å². The highest BCUT2D eigenvalue weighted by Gasteiger charge is 2.12. The first-order chi connectivity index (χ1) is 7.19. The number of hydrogen-bond acceptors (Lipinski definition) is 2. The predicted molar refractivity (Wildman–Crippen MR) is 67.2 cm³/mol. The van der Waals surface area contributed by atoms with E-state index in [1.165, 1.54) is 12.1 Å². The van der Waals surface area contributed by atoms with Crippen molar-refractivity contribution in [3.63, 3.8) is 0 Å². The molecular weight excluding hydrogens is 306 g/mol. The van der Waals surface area contributed by atoms with E-state index >= 15 is 0 Å². The Kier molecular flexibility index (Phi) is 5.02. The fourth-order valence-electron chi connectivity index (χ4n) is 1.34. The Labute approximate surface area is 103 Å². The third-order valence-electron chi connectivity index (χ3n) is 2.12. The molecule has 0 aliphatic heterocycles. The van der Waals surface area contributed by atoms with Gasteiger partial charge in [-0.3, -0.25) is 11.3 Å². The van der Waals surface area contributed by atoms with Gasteiger partial charge in [-0.25, -0.2) is 4.39 Å². The first-order valence-corrected chi connectivity index (χ1v) is 5.61. The van der Waals surface area contributed by atoms with E-state index in [0.717, 1.165) is 15.6 Å². The lowest BCUT2D eigenvalue weighted by Crippen LogP contribution is -2.28. The molecule has 0 fully saturated rings. The van der Waals surface area contributed by atoms with Crippen molar-refractivity contribution in [2.45, 2.75) is 18.9 Å². The SMILES string of the molecule is C#CCCC(NN)c1ccc(F)cc1I. The van der Waals surface area contributed by atoms with E-state index in [-0.39, 0.29) is 11.9 Å². The lowest BCUT2D eigenvalue weighted by molar-refractivity contribution is 0.520. The van der Waals surface area contributed by atoms with E-state index in [4.69, 9.17) is 12.3 Å². The van der Waals surface area contributed by atoms with Crippen LogP contribution in [0.5, 0.6) is 0 Å². The third kappa shape index (κ3) is 3.45. The van der Waals surface area contributed by atoms with E-state index < -0.39 is 0 Å². The zero-order valence-corrected chi connectivity index (χ0v) is 10.3. The number of hydrazine groups is 1. The number of terminal acetylenes is 1. The molecule has 2 nitrogen and oxygen atoms in total. The van der Waals surface area contributed by atoms with Crippen molar-refractivity contribution in [2.24, 2.45) is 5.84 Å². The Hall–Kier alpha value is -0.640. The average molecular weight is 318 g/mol. The van der Waals surface area contributed by atoms with Crippen molar-refractivity contribution in [2.75, 3.05) is 0 Å². The van der Waals surface area contributed by atoms with Gasteiger partial charge in [0.25, 0.3) is 0 Å². The summed E-state index contributed by atoms with van der Waals surface area (Å²) in [6, 6.07) is 4.62. The van der Waals surface area contributed by atoms with Gasteiger partial charge < -0.3 is 0 Å². The highest BCUT2D eigenvalue weighted by molar-refractivity contribution is 14.1. The fourth-order valence-corrected chi connectivity index (χ4v) is 2.19. The van der Waals surface area contributed by atoms with Crippen molar-refractivity contribution >= 4 is 22.6 Å². The molecule has 0 aromatic heterocycles. The molecule has 0 aliphatic carbocycles. The van der Waals surface area contributed by atoms with Crippen LogP contribution in [0.2, 0.25) is 0 Å². The highest BCUT2D eigenvalue weighted by Crippen LogP contribution is 2.23. The maximum Gasteiger partial charge on any atom is 0.124 e. The second-order valence-electron chi connectivity index (χ2n) is 3.13. The summed E-state index contributed by atoms with van der Waals surface area (Å²) in [6.07, 6.45) is 6.58. The molecule has 0 heterocycles. The van der Waals surface area contributed by atoms with Crippen LogP contribution in [0.25, 0.3) is 0 Å². The van der Waals surface area contributed by atoms with Crippen LogP contribution in [-0.4, -0.2) is 0 Å². The Bertz CT molecular complexity index is 373. The maximum atomic E-state index is 12.9. The monoisotopic (exact) mass is 318 g/mol. The summed E-state index contributed by atoms with van der Waals surface area (Å²) in [7, 11) is 0. The van der Waals surface area contributed by atoms with E-state index in [0.29, 0.717) is 6.42 Å². The maximum absolute atomic E-state index is 12.9. The van der Waals surface area contributed by atoms with E-state index in [9.17, 15) is 4.39 Å². The molecule has 0 spiro atoms. The Morgan fingerprint density at radius 2 is 2.33 bits per heavy atom. The van der Waals surface area contributed by atoms with Gasteiger partial charge in [0.2, 0.25) is 0 Å². The second kappa shape index (κ2) is 6.05. The van der Waals surface area contributed by atoms with Crippen molar-refractivity contribution < 1.29 is 4.39 Å². The van der Waals surface area contributed by atoms with Gasteiger partial charge in [-0.1, -0.05) is 6.07 Å². The predicted octanol–water partition coefficient (Wildman–Crippen LogP) is 2.35. The molecule has 0 bridgehead atoms. The van der Waals surface area contributed by atoms with Crippen LogP contribution >= 0.6 is 22.6 Å². The van der Waals surface area contributed by atoms with Crippen molar-refractivity contribution in [1.82, 2.24) is 5.43 Å². The smallest absolute Gasteiger partial charge is 0.124 e. The molecule has 1 aromatic rings. The molecule has 15 heavy (non-hydrogen) atoms. The minimum absolute atomic E-state index is 0.0199. The van der Waals surface area contributed by atoms with Crippen LogP contribution in [0.1, 0.15) is 24.4 Å². The van der Waals surface area contributed by atoms with Crippen molar-refractivity contribution in [1.29, 1.82) is 0 Å². The molecular formula is C11H12FIN2. The lowest BCUT2D eigenvalue weighted by atomic mass is 10.0. The molecule has 0 saturated carbocycles. The van der Waals surface area contributed by atoms with Gasteiger partial charge in [0.1, 0.15) is 5.82 Å². The van der Waals surface area contributed by atoms with Crippen molar-refractivity contribution in [3.8, 4) is 12.3 Å². The van der Waals surface area contributed by atoms with E-state index in [2.05, 4.69) is 33.9 Å². The molecule has 1 atom stereocenters. The van der Waals surface area contributed by atoms with Gasteiger partial charge in [0.05, 0.1) is 0 Å². The van der Waals surface area contributed by atoms with E-state index in [1.807, 2.05) is 0 Å². The first-order valence-electron chi connectivity index (χ1n) is 4.53. The average Bonchev–Trinajstić information content (AvgIpc) is 2.21. The number of halogens is 2. The van der Waals surface area contributed by atoms with Crippen LogP contribution in [0.3, 0.4) is 0 Å². The number of nitrogens with one attached hydrogen (secondary N) is 1. The quantitative estimate of drug-likeness (QED) is 0.387. The molecule has 0 aliphatic rings. The van der Waals surface area contributed by atoms with Gasteiger partial charge in [-0.2, -0.15) is 0 Å². The Morgan fingerprint density at radius 3 is 2.87 bits per heavy atom. The lowest BCUT2D eigenvalue weighted by Gasteiger charge is -2.16. The van der Waals surface area contributed by atoms with Crippen LogP contribution in [0, 0.1) is 21.7 Å². The molecule has 1 rings (SSSR count). The summed E-state index contributed by atoms with van der Waals surface area (Å²) in [4.78, 5) is 0. The summed E-state index contributed by atoms with van der Waals surface area (Å²) in [5.41, 5.74) is 3.67. The summed E-state index contributed by atoms with van der Waals surface area (Å²) in [6.45, 7) is 0. The molecule has 0 saturated heterocycles. The number of benzene rings is 1. The first kappa shape index (κ1) is 12.4. The largest absolute Gasteiger partial charge is 0.271 e. The van der Waals surface area contributed by atoms with Crippen LogP contribution < -0.4 is 11.3 Å². The third-order valence-corrected chi connectivity index (χ3v) is 3.05. The molecule has 0 amide bonds. The minimum atomic E-state index is -0.240. The summed E-state index contributed by atoms with van der Waals surface area (Å²) in [5.74, 6) is 7.76. The zero-order chi connectivity index (χ0) is 11.3. The van der Waals surface area contributed by atoms with Gasteiger partial charge >= 0.3 is 0 Å². The molecule has 1 unspecified atom stereocenters. The number of rotatable bonds is 4. The van der Waals surface area contributed by atoms with Crippen molar-refractivity contribution in [3.05, 3.63) is 33.1 Å². The van der Waals surface area contributed by atoms with Crippen LogP contribution in [-0.2, 0) is 0 Å². The highest BCUT2D eigenvalue weighted by atomic mass is 127. The molecule has 4 heteroatoms. The van der Waals surface area contributed by atoms with Gasteiger partial charge in [-0.05, 0) is 46.7 Å². The molecule has 3 N–H and O–H groups in total. The number of hydrogen-bond donors (Lipinski definition) is 2. The fraction of sp³-hybridized carbons (Fsp3) is 0.273. The summed E-state index contributed by atoms with van der Waals surface area (Å²) >= 11 is 2.09. The second-order valence-corrected chi connectivity index (χ2v) is 4.29. The minimum Gasteiger partial charge on any atom is -0.271 e. The summed E-state index contributed by atoms with van der Waals surface area (Å²) < 4.78 is 13.7. The Balaban J connectivity index is 2.87. The van der Waals surface area contributed by atoms with Gasteiger partial charge in [-0.15, -0.1) is 12.3 Å². The Morgan fingerprint density at radius 1 is 1.60 bits per heavy atom. The molecule has 80 valence electrons. The number of nitrogens with two attached hydrogens (primary N) is 1. The normalized spacial score (nSPS) is 12.1. The zero-order valence-electron chi connectivity index (χ0n) is 8.13.